The lowest BCUT2D eigenvalue weighted by molar-refractivity contribution is 0.378. The number of fused-ring (bicyclic) bond motifs is 2. The minimum absolute atomic E-state index is 0.353. The van der Waals surface area contributed by atoms with E-state index in [1.54, 1.807) is 11.8 Å². The Morgan fingerprint density at radius 1 is 1.20 bits per heavy atom. The van der Waals surface area contributed by atoms with Gasteiger partial charge in [-0.05, 0) is 55.8 Å². The average Bonchev–Trinajstić information content (AvgIpc) is 2.74. The first-order valence-corrected chi connectivity index (χ1v) is 7.38. The zero-order chi connectivity index (χ0) is 14.6. The van der Waals surface area contributed by atoms with Gasteiger partial charge in [-0.1, -0.05) is 36.9 Å². The van der Waals surface area contributed by atoms with E-state index in [0.29, 0.717) is 5.41 Å². The molecule has 0 amide bonds. The molecule has 1 aliphatic heterocycles. The van der Waals surface area contributed by atoms with Crippen LogP contribution in [0, 0.1) is 0 Å². The van der Waals surface area contributed by atoms with Gasteiger partial charge in [0.05, 0.1) is 0 Å². The largest absolute Gasteiger partial charge is 0.384 e. The van der Waals surface area contributed by atoms with Crippen molar-refractivity contribution in [2.24, 2.45) is 0 Å². The van der Waals surface area contributed by atoms with Crippen molar-refractivity contribution in [1.29, 1.82) is 0 Å². The molecule has 20 heavy (non-hydrogen) atoms. The van der Waals surface area contributed by atoms with Gasteiger partial charge in [-0.3, -0.25) is 0 Å². The number of hydrogen-bond acceptors (Lipinski definition) is 2. The molecule has 1 saturated heterocycles. The Morgan fingerprint density at radius 3 is 2.40 bits per heavy atom. The zero-order valence-corrected chi connectivity index (χ0v) is 12.9. The van der Waals surface area contributed by atoms with Crippen molar-refractivity contribution in [2.45, 2.75) is 25.2 Å². The van der Waals surface area contributed by atoms with E-state index in [2.05, 4.69) is 49.2 Å². The van der Waals surface area contributed by atoms with Gasteiger partial charge < -0.3 is 10.2 Å². The second kappa shape index (κ2) is 6.27. The Balaban J connectivity index is 0.000000257. The van der Waals surface area contributed by atoms with Crippen LogP contribution in [0.15, 0.2) is 43.1 Å². The van der Waals surface area contributed by atoms with Gasteiger partial charge >= 0.3 is 0 Å². The van der Waals surface area contributed by atoms with Crippen LogP contribution >= 0.6 is 0 Å². The molecule has 108 valence electrons. The van der Waals surface area contributed by atoms with Gasteiger partial charge in [0.2, 0.25) is 0 Å². The minimum atomic E-state index is 0.353. The summed E-state index contributed by atoms with van der Waals surface area (Å²) < 4.78 is 0. The maximum atomic E-state index is 3.49. The maximum Gasteiger partial charge on any atom is 0.0168 e. The first-order valence-electron chi connectivity index (χ1n) is 7.38. The molecule has 1 heterocycles. The predicted octanol–water partition coefficient (Wildman–Crippen LogP) is 3.42. The molecule has 0 atom stereocenters. The monoisotopic (exact) mass is 270 g/mol. The maximum absolute atomic E-state index is 3.49. The highest BCUT2D eigenvalue weighted by Gasteiger charge is 2.37. The summed E-state index contributed by atoms with van der Waals surface area (Å²) in [6.45, 7) is 8.03. The Bertz CT molecular complexity index is 494. The molecule has 0 radical (unpaired) electrons. The van der Waals surface area contributed by atoms with Gasteiger partial charge in [0, 0.05) is 19.5 Å². The Kier molecular flexibility index (Phi) is 4.66. The Morgan fingerprint density at radius 2 is 1.80 bits per heavy atom. The fourth-order valence-electron chi connectivity index (χ4n) is 3.12. The summed E-state index contributed by atoms with van der Waals surface area (Å²) in [4.78, 5) is 1.89. The summed E-state index contributed by atoms with van der Waals surface area (Å²) in [5.41, 5.74) is 4.85. The van der Waals surface area contributed by atoms with Crippen LogP contribution in [0.25, 0.3) is 5.57 Å². The molecule has 0 aromatic heterocycles. The lowest BCUT2D eigenvalue weighted by atomic mass is 9.75. The zero-order valence-electron chi connectivity index (χ0n) is 12.9. The third kappa shape index (κ3) is 2.96. The van der Waals surface area contributed by atoms with E-state index >= 15 is 0 Å². The first kappa shape index (κ1) is 14.9. The molecule has 0 saturated carbocycles. The first-order chi connectivity index (χ1) is 9.59. The molecular formula is C18H26N2. The smallest absolute Gasteiger partial charge is 0.0168 e. The van der Waals surface area contributed by atoms with Gasteiger partial charge in [0.1, 0.15) is 0 Å². The van der Waals surface area contributed by atoms with Crippen LogP contribution in [0.1, 0.15) is 30.9 Å². The third-order valence-electron chi connectivity index (χ3n) is 4.24. The second-order valence-electron chi connectivity index (χ2n) is 5.93. The average molecular weight is 270 g/mol. The normalized spacial score (nSPS) is 18.6. The number of hydrogen-bond donors (Lipinski definition) is 1. The topological polar surface area (TPSA) is 15.3 Å². The van der Waals surface area contributed by atoms with Crippen LogP contribution in [0.5, 0.6) is 0 Å². The number of benzene rings is 1. The minimum Gasteiger partial charge on any atom is -0.384 e. The molecule has 1 aliphatic carbocycles. The van der Waals surface area contributed by atoms with E-state index in [-0.39, 0.29) is 0 Å². The van der Waals surface area contributed by atoms with E-state index in [1.807, 2.05) is 19.0 Å². The Hall–Kier alpha value is -1.54. The van der Waals surface area contributed by atoms with E-state index in [0.717, 1.165) is 13.1 Å². The highest BCUT2D eigenvalue weighted by molar-refractivity contribution is 5.75. The molecule has 1 spiro atoms. The summed E-state index contributed by atoms with van der Waals surface area (Å²) >= 11 is 0. The molecule has 2 aliphatic rings. The van der Waals surface area contributed by atoms with Crippen LogP contribution in [-0.2, 0) is 5.41 Å². The van der Waals surface area contributed by atoms with Gasteiger partial charge in [-0.15, -0.1) is 0 Å². The van der Waals surface area contributed by atoms with Gasteiger partial charge in [-0.2, -0.15) is 0 Å². The SMILES string of the molecule is C=CN(C)C.CC1=CC2(CCNCC2)c2ccccc21. The van der Waals surface area contributed by atoms with Gasteiger partial charge in [0.15, 0.2) is 0 Å². The number of piperidine rings is 1. The van der Waals surface area contributed by atoms with E-state index in [1.165, 1.54) is 24.0 Å². The number of nitrogens with one attached hydrogen (secondary N) is 1. The summed E-state index contributed by atoms with van der Waals surface area (Å²) in [7, 11) is 3.88. The van der Waals surface area contributed by atoms with Crippen LogP contribution in [-0.4, -0.2) is 32.1 Å². The van der Waals surface area contributed by atoms with Crippen molar-refractivity contribution in [3.05, 3.63) is 54.2 Å². The van der Waals surface area contributed by atoms with Crippen molar-refractivity contribution in [3.63, 3.8) is 0 Å². The highest BCUT2D eigenvalue weighted by atomic mass is 15.0. The molecular weight excluding hydrogens is 244 g/mol. The summed E-state index contributed by atoms with van der Waals surface area (Å²) in [5, 5.41) is 3.45. The van der Waals surface area contributed by atoms with Crippen LogP contribution < -0.4 is 5.32 Å². The van der Waals surface area contributed by atoms with Crippen LogP contribution in [0.2, 0.25) is 0 Å². The van der Waals surface area contributed by atoms with Crippen molar-refractivity contribution >= 4 is 5.57 Å². The van der Waals surface area contributed by atoms with E-state index < -0.39 is 0 Å². The second-order valence-corrected chi connectivity index (χ2v) is 5.93. The van der Waals surface area contributed by atoms with Crippen molar-refractivity contribution in [1.82, 2.24) is 10.2 Å². The summed E-state index contributed by atoms with van der Waals surface area (Å²) in [6, 6.07) is 8.90. The lowest BCUT2D eigenvalue weighted by Gasteiger charge is -2.33. The fourth-order valence-corrected chi connectivity index (χ4v) is 3.12. The van der Waals surface area contributed by atoms with E-state index in [4.69, 9.17) is 0 Å². The van der Waals surface area contributed by atoms with Gasteiger partial charge in [-0.25, -0.2) is 0 Å². The quantitative estimate of drug-likeness (QED) is 0.841. The van der Waals surface area contributed by atoms with E-state index in [9.17, 15) is 0 Å². The number of allylic oxidation sites excluding steroid dienone is 2. The fraction of sp³-hybridized carbons (Fsp3) is 0.444. The number of nitrogens with zero attached hydrogens (tertiary/aromatic N) is 1. The standard InChI is InChI=1S/C14H17N.C4H9N/c1-11-10-14(6-8-15-9-7-14)13-5-3-2-4-12(11)13;1-4-5(2)3/h2-5,10,15H,6-9H2,1H3;4H,1H2,2-3H3. The summed E-state index contributed by atoms with van der Waals surface area (Å²) in [6.07, 6.45) is 6.75. The molecule has 1 aromatic rings. The number of rotatable bonds is 1. The lowest BCUT2D eigenvalue weighted by Crippen LogP contribution is -2.37. The predicted molar refractivity (Wildman–Crippen MR) is 87.8 cm³/mol. The molecule has 3 rings (SSSR count). The van der Waals surface area contributed by atoms with Crippen LogP contribution in [0.4, 0.5) is 0 Å². The molecule has 1 aromatic carbocycles. The molecule has 0 unspecified atom stereocenters. The third-order valence-corrected chi connectivity index (χ3v) is 4.24. The molecule has 2 heteroatoms. The van der Waals surface area contributed by atoms with Gasteiger partial charge in [0.25, 0.3) is 0 Å². The van der Waals surface area contributed by atoms with Crippen molar-refractivity contribution < 1.29 is 0 Å². The van der Waals surface area contributed by atoms with Crippen molar-refractivity contribution in [3.8, 4) is 0 Å². The molecule has 1 N–H and O–H groups in total. The highest BCUT2D eigenvalue weighted by Crippen LogP contribution is 2.45. The Labute approximate surface area is 123 Å². The van der Waals surface area contributed by atoms with Crippen molar-refractivity contribution in [2.75, 3.05) is 27.2 Å². The summed E-state index contributed by atoms with van der Waals surface area (Å²) in [5.74, 6) is 0. The molecule has 2 nitrogen and oxygen atoms in total. The molecule has 1 fully saturated rings. The van der Waals surface area contributed by atoms with Crippen LogP contribution in [0.3, 0.4) is 0 Å². The molecule has 0 bridgehead atoms.